The Morgan fingerprint density at radius 3 is 2.65 bits per heavy atom. The van der Waals surface area contributed by atoms with Crippen LogP contribution in [0.3, 0.4) is 0 Å². The van der Waals surface area contributed by atoms with E-state index in [1.54, 1.807) is 18.2 Å². The summed E-state index contributed by atoms with van der Waals surface area (Å²) in [7, 11) is 1.50. The minimum atomic E-state index is -0.459. The van der Waals surface area contributed by atoms with Gasteiger partial charge in [-0.2, -0.15) is 5.10 Å². The SMILES string of the molecule is COc1ccc([N+](=O)[O-])cc1-c1ccc(/C=N/Nc2ccc(I)cc2)o1. The van der Waals surface area contributed by atoms with Crippen molar-refractivity contribution in [2.75, 3.05) is 12.5 Å². The lowest BCUT2D eigenvalue weighted by atomic mass is 10.1. The number of halogens is 1. The number of non-ortho nitro benzene ring substituents is 1. The molecule has 1 aromatic heterocycles. The number of nitro groups is 1. The first-order chi connectivity index (χ1) is 12.6. The summed E-state index contributed by atoms with van der Waals surface area (Å²) < 4.78 is 12.1. The highest BCUT2D eigenvalue weighted by Crippen LogP contribution is 2.34. The fourth-order valence-corrected chi connectivity index (χ4v) is 2.62. The Morgan fingerprint density at radius 2 is 1.96 bits per heavy atom. The van der Waals surface area contributed by atoms with E-state index in [2.05, 4.69) is 33.1 Å². The van der Waals surface area contributed by atoms with E-state index in [0.29, 0.717) is 22.8 Å². The Hall–Kier alpha value is -2.88. The number of furan rings is 1. The summed E-state index contributed by atoms with van der Waals surface area (Å²) in [5.41, 5.74) is 4.24. The third-order valence-corrected chi connectivity index (χ3v) is 4.23. The molecular formula is C18H14IN3O4. The van der Waals surface area contributed by atoms with Gasteiger partial charge in [-0.1, -0.05) is 0 Å². The number of nitrogens with zero attached hydrogens (tertiary/aromatic N) is 2. The molecule has 0 unspecified atom stereocenters. The number of methoxy groups -OCH3 is 1. The number of nitro benzene ring substituents is 1. The first-order valence-corrected chi connectivity index (χ1v) is 8.62. The highest BCUT2D eigenvalue weighted by molar-refractivity contribution is 14.1. The van der Waals surface area contributed by atoms with Crippen LogP contribution in [0.5, 0.6) is 5.75 Å². The number of benzene rings is 2. The Morgan fingerprint density at radius 1 is 1.19 bits per heavy atom. The van der Waals surface area contributed by atoms with Gasteiger partial charge in [0.25, 0.3) is 5.69 Å². The van der Waals surface area contributed by atoms with Crippen molar-refractivity contribution in [2.45, 2.75) is 0 Å². The standard InChI is InChI=1S/C18H14IN3O4/c1-25-17-8-6-14(22(23)24)10-16(17)18-9-7-15(26-18)11-20-21-13-4-2-12(19)3-5-13/h2-11,21H,1H3/b20-11+. The van der Waals surface area contributed by atoms with Gasteiger partial charge in [0.2, 0.25) is 0 Å². The number of hydrazone groups is 1. The minimum Gasteiger partial charge on any atom is -0.496 e. The monoisotopic (exact) mass is 463 g/mol. The van der Waals surface area contributed by atoms with Crippen LogP contribution in [0.4, 0.5) is 11.4 Å². The zero-order valence-corrected chi connectivity index (χ0v) is 15.8. The summed E-state index contributed by atoms with van der Waals surface area (Å²) in [6.07, 6.45) is 1.53. The van der Waals surface area contributed by atoms with E-state index in [4.69, 9.17) is 9.15 Å². The molecule has 0 saturated heterocycles. The Kier molecular flexibility index (Phi) is 5.52. The smallest absolute Gasteiger partial charge is 0.270 e. The van der Waals surface area contributed by atoms with Crippen LogP contribution in [0.2, 0.25) is 0 Å². The van der Waals surface area contributed by atoms with Gasteiger partial charge >= 0.3 is 0 Å². The van der Waals surface area contributed by atoms with Crippen LogP contribution >= 0.6 is 22.6 Å². The van der Waals surface area contributed by atoms with Crippen LogP contribution in [0.1, 0.15) is 5.76 Å². The number of anilines is 1. The lowest BCUT2D eigenvalue weighted by Crippen LogP contribution is -1.92. The number of ether oxygens (including phenoxy) is 1. The Labute approximate surface area is 163 Å². The summed E-state index contributed by atoms with van der Waals surface area (Å²) in [4.78, 5) is 10.5. The molecule has 0 amide bonds. The molecule has 1 N–H and O–H groups in total. The topological polar surface area (TPSA) is 89.9 Å². The van der Waals surface area contributed by atoms with Gasteiger partial charge in [-0.05, 0) is 65.1 Å². The number of nitrogens with one attached hydrogen (secondary N) is 1. The largest absolute Gasteiger partial charge is 0.496 e. The van der Waals surface area contributed by atoms with E-state index in [1.165, 1.54) is 25.5 Å². The first kappa shape index (κ1) is 17.9. The van der Waals surface area contributed by atoms with Crippen LogP contribution in [0.25, 0.3) is 11.3 Å². The second-order valence-electron chi connectivity index (χ2n) is 5.22. The van der Waals surface area contributed by atoms with Crippen LogP contribution < -0.4 is 10.2 Å². The van der Waals surface area contributed by atoms with E-state index in [1.807, 2.05) is 24.3 Å². The fourth-order valence-electron chi connectivity index (χ4n) is 2.26. The molecular weight excluding hydrogens is 449 g/mol. The molecule has 7 nitrogen and oxygen atoms in total. The lowest BCUT2D eigenvalue weighted by Gasteiger charge is -2.05. The molecule has 0 aliphatic carbocycles. The summed E-state index contributed by atoms with van der Waals surface area (Å²) in [5, 5.41) is 15.1. The molecule has 0 radical (unpaired) electrons. The van der Waals surface area contributed by atoms with E-state index in [9.17, 15) is 10.1 Å². The molecule has 3 aromatic rings. The van der Waals surface area contributed by atoms with Gasteiger partial charge in [-0.25, -0.2) is 0 Å². The van der Waals surface area contributed by atoms with Crippen molar-refractivity contribution in [1.82, 2.24) is 0 Å². The molecule has 0 atom stereocenters. The average Bonchev–Trinajstić information content (AvgIpc) is 3.11. The molecule has 0 bridgehead atoms. The molecule has 1 heterocycles. The number of hydrogen-bond donors (Lipinski definition) is 1. The van der Waals surface area contributed by atoms with Gasteiger partial charge in [0, 0.05) is 15.7 Å². The zero-order chi connectivity index (χ0) is 18.5. The van der Waals surface area contributed by atoms with Crippen molar-refractivity contribution in [3.8, 4) is 17.1 Å². The van der Waals surface area contributed by atoms with Crippen LogP contribution in [-0.2, 0) is 0 Å². The van der Waals surface area contributed by atoms with E-state index in [-0.39, 0.29) is 5.69 Å². The van der Waals surface area contributed by atoms with Gasteiger partial charge < -0.3 is 9.15 Å². The molecule has 26 heavy (non-hydrogen) atoms. The highest BCUT2D eigenvalue weighted by Gasteiger charge is 2.15. The lowest BCUT2D eigenvalue weighted by molar-refractivity contribution is -0.384. The molecule has 0 spiro atoms. The van der Waals surface area contributed by atoms with Gasteiger partial charge in [0.05, 0.1) is 29.5 Å². The van der Waals surface area contributed by atoms with Crippen molar-refractivity contribution < 1.29 is 14.1 Å². The van der Waals surface area contributed by atoms with Gasteiger partial charge in [-0.15, -0.1) is 0 Å². The quantitative estimate of drug-likeness (QED) is 0.243. The maximum Gasteiger partial charge on any atom is 0.270 e. The highest BCUT2D eigenvalue weighted by atomic mass is 127. The molecule has 132 valence electrons. The number of rotatable bonds is 6. The second kappa shape index (κ2) is 8.00. The van der Waals surface area contributed by atoms with Crippen LogP contribution in [0.15, 0.2) is 64.1 Å². The molecule has 3 rings (SSSR count). The van der Waals surface area contributed by atoms with Crippen molar-refractivity contribution in [2.24, 2.45) is 5.10 Å². The summed E-state index contributed by atoms with van der Waals surface area (Å²) in [5.74, 6) is 1.46. The van der Waals surface area contributed by atoms with E-state index in [0.717, 1.165) is 9.26 Å². The third kappa shape index (κ3) is 4.20. The third-order valence-electron chi connectivity index (χ3n) is 3.52. The van der Waals surface area contributed by atoms with E-state index >= 15 is 0 Å². The molecule has 8 heteroatoms. The Bertz CT molecular complexity index is 951. The zero-order valence-electron chi connectivity index (χ0n) is 13.7. The number of hydrogen-bond acceptors (Lipinski definition) is 6. The molecule has 0 fully saturated rings. The maximum atomic E-state index is 11.0. The minimum absolute atomic E-state index is 0.0345. The normalized spacial score (nSPS) is 10.8. The summed E-state index contributed by atoms with van der Waals surface area (Å²) in [6.45, 7) is 0. The fraction of sp³-hybridized carbons (Fsp3) is 0.0556. The molecule has 0 saturated carbocycles. The van der Waals surface area contributed by atoms with Crippen molar-refractivity contribution in [3.05, 3.63) is 74.0 Å². The maximum absolute atomic E-state index is 11.0. The predicted octanol–water partition coefficient (Wildman–Crippen LogP) is 4.91. The van der Waals surface area contributed by atoms with E-state index < -0.39 is 4.92 Å². The van der Waals surface area contributed by atoms with Crippen molar-refractivity contribution in [1.29, 1.82) is 0 Å². The summed E-state index contributed by atoms with van der Waals surface area (Å²) in [6, 6.07) is 15.6. The van der Waals surface area contributed by atoms with Gasteiger partial charge in [-0.3, -0.25) is 15.5 Å². The van der Waals surface area contributed by atoms with Gasteiger partial charge in [0.15, 0.2) is 0 Å². The second-order valence-corrected chi connectivity index (χ2v) is 6.47. The first-order valence-electron chi connectivity index (χ1n) is 7.54. The van der Waals surface area contributed by atoms with Crippen LogP contribution in [-0.4, -0.2) is 18.2 Å². The van der Waals surface area contributed by atoms with Crippen LogP contribution in [0, 0.1) is 13.7 Å². The Balaban J connectivity index is 1.79. The van der Waals surface area contributed by atoms with Crippen molar-refractivity contribution >= 4 is 40.2 Å². The summed E-state index contributed by atoms with van der Waals surface area (Å²) >= 11 is 2.23. The molecule has 2 aromatic carbocycles. The van der Waals surface area contributed by atoms with Crippen molar-refractivity contribution in [3.63, 3.8) is 0 Å². The molecule has 0 aliphatic rings. The predicted molar refractivity (Wildman–Crippen MR) is 108 cm³/mol. The van der Waals surface area contributed by atoms with Gasteiger partial charge in [0.1, 0.15) is 17.3 Å². The molecule has 0 aliphatic heterocycles. The average molecular weight is 463 g/mol.